The lowest BCUT2D eigenvalue weighted by molar-refractivity contribution is -0.138. The average Bonchev–Trinajstić information content (AvgIpc) is 2.73. The lowest BCUT2D eigenvalue weighted by Gasteiger charge is -2.06. The van der Waals surface area contributed by atoms with Crippen LogP contribution in [0.5, 0.6) is 0 Å². The van der Waals surface area contributed by atoms with Gasteiger partial charge < -0.3 is 14.5 Å². The summed E-state index contributed by atoms with van der Waals surface area (Å²) in [5.41, 5.74) is 0.659. The molecular formula is C9H9BrN4O2. The Hall–Kier alpha value is -1.63. The second-order valence-corrected chi connectivity index (χ2v) is 3.81. The molecule has 0 aliphatic heterocycles. The fourth-order valence-electron chi connectivity index (χ4n) is 1.25. The second kappa shape index (κ2) is 4.48. The number of esters is 1. The van der Waals surface area contributed by atoms with Crippen molar-refractivity contribution in [3.8, 4) is 0 Å². The minimum absolute atomic E-state index is 0.0580. The Labute approximate surface area is 99.8 Å². The first-order valence-electron chi connectivity index (χ1n) is 4.50. The number of halogens is 1. The predicted octanol–water partition coefficient (Wildman–Crippen LogP) is 1.08. The molecule has 0 radical (unpaired) electrons. The lowest BCUT2D eigenvalue weighted by atomic mass is 10.5. The monoisotopic (exact) mass is 284 g/mol. The Bertz CT molecular complexity index is 525. The molecule has 84 valence electrons. The van der Waals surface area contributed by atoms with E-state index in [4.69, 9.17) is 0 Å². The van der Waals surface area contributed by atoms with Gasteiger partial charge in [0.2, 0.25) is 0 Å². The highest BCUT2D eigenvalue weighted by atomic mass is 79.9. The maximum Gasteiger partial charge on any atom is 0.325 e. The number of imidazole rings is 1. The molecule has 0 spiro atoms. The summed E-state index contributed by atoms with van der Waals surface area (Å²) in [5, 5.41) is 2.87. The smallest absolute Gasteiger partial charge is 0.325 e. The van der Waals surface area contributed by atoms with Crippen molar-refractivity contribution in [3.63, 3.8) is 0 Å². The molecule has 0 aliphatic carbocycles. The van der Waals surface area contributed by atoms with Gasteiger partial charge in [-0.2, -0.15) is 0 Å². The Kier molecular flexibility index (Phi) is 3.04. The molecule has 1 N–H and O–H groups in total. The predicted molar refractivity (Wildman–Crippen MR) is 61.2 cm³/mol. The molecule has 0 aliphatic rings. The van der Waals surface area contributed by atoms with E-state index in [-0.39, 0.29) is 12.5 Å². The SMILES string of the molecule is COC(=O)CNc1nc(Br)cn2ccnc12. The van der Waals surface area contributed by atoms with Crippen LogP contribution in [0, 0.1) is 0 Å². The maximum absolute atomic E-state index is 11.0. The Morgan fingerprint density at radius 2 is 2.50 bits per heavy atom. The molecule has 2 rings (SSSR count). The number of rotatable bonds is 3. The van der Waals surface area contributed by atoms with E-state index in [1.165, 1.54) is 7.11 Å². The number of nitrogens with zero attached hydrogens (tertiary/aromatic N) is 3. The van der Waals surface area contributed by atoms with Crippen molar-refractivity contribution in [2.75, 3.05) is 19.0 Å². The first-order chi connectivity index (χ1) is 7.70. The molecular weight excluding hydrogens is 276 g/mol. The van der Waals surface area contributed by atoms with E-state index >= 15 is 0 Å². The van der Waals surface area contributed by atoms with Gasteiger partial charge in [-0.3, -0.25) is 4.79 Å². The highest BCUT2D eigenvalue weighted by Gasteiger charge is 2.07. The van der Waals surface area contributed by atoms with E-state index in [2.05, 4.69) is 36.0 Å². The molecule has 0 aromatic carbocycles. The van der Waals surface area contributed by atoms with Crippen molar-refractivity contribution in [3.05, 3.63) is 23.2 Å². The zero-order valence-corrected chi connectivity index (χ0v) is 10.1. The van der Waals surface area contributed by atoms with E-state index in [9.17, 15) is 4.79 Å². The molecule has 0 saturated carbocycles. The lowest BCUT2D eigenvalue weighted by Crippen LogP contribution is -2.16. The van der Waals surface area contributed by atoms with Crippen molar-refractivity contribution in [2.24, 2.45) is 0 Å². The fraction of sp³-hybridized carbons (Fsp3) is 0.222. The minimum atomic E-state index is -0.355. The summed E-state index contributed by atoms with van der Waals surface area (Å²) in [6, 6.07) is 0. The maximum atomic E-state index is 11.0. The summed E-state index contributed by atoms with van der Waals surface area (Å²) in [4.78, 5) is 19.3. The number of carbonyl (C=O) groups excluding carboxylic acids is 1. The third-order valence-electron chi connectivity index (χ3n) is 1.97. The number of ether oxygens (including phenoxy) is 1. The molecule has 16 heavy (non-hydrogen) atoms. The van der Waals surface area contributed by atoms with Gasteiger partial charge in [0.25, 0.3) is 0 Å². The van der Waals surface area contributed by atoms with Gasteiger partial charge in [0.1, 0.15) is 11.1 Å². The van der Waals surface area contributed by atoms with Crippen LogP contribution in [0.2, 0.25) is 0 Å². The molecule has 0 saturated heterocycles. The van der Waals surface area contributed by atoms with E-state index in [1.807, 2.05) is 0 Å². The van der Waals surface area contributed by atoms with E-state index in [0.29, 0.717) is 16.1 Å². The van der Waals surface area contributed by atoms with Gasteiger partial charge >= 0.3 is 5.97 Å². The molecule has 2 aromatic heterocycles. The van der Waals surface area contributed by atoms with E-state index in [1.54, 1.807) is 23.0 Å². The zero-order valence-electron chi connectivity index (χ0n) is 8.48. The van der Waals surface area contributed by atoms with Crippen LogP contribution in [-0.2, 0) is 9.53 Å². The Balaban J connectivity index is 2.28. The second-order valence-electron chi connectivity index (χ2n) is 3.00. The highest BCUT2D eigenvalue weighted by Crippen LogP contribution is 2.16. The standard InChI is InChI=1S/C9H9BrN4O2/c1-16-7(15)4-12-8-9-11-2-3-14(9)5-6(10)13-8/h2-3,5H,4H2,1H3,(H,12,13). The summed E-state index contributed by atoms with van der Waals surface area (Å²) in [7, 11) is 1.34. The van der Waals surface area contributed by atoms with Gasteiger partial charge in [-0.25, -0.2) is 9.97 Å². The van der Waals surface area contributed by atoms with Crippen molar-refractivity contribution in [1.82, 2.24) is 14.4 Å². The van der Waals surface area contributed by atoms with Crippen LogP contribution in [0.25, 0.3) is 5.65 Å². The first-order valence-corrected chi connectivity index (χ1v) is 5.30. The van der Waals surface area contributed by atoms with Gasteiger partial charge in [0.15, 0.2) is 11.5 Å². The largest absolute Gasteiger partial charge is 0.468 e. The molecule has 7 heteroatoms. The molecule has 0 atom stereocenters. The Morgan fingerprint density at radius 3 is 3.25 bits per heavy atom. The van der Waals surface area contributed by atoms with Gasteiger partial charge in [-0.15, -0.1) is 0 Å². The third kappa shape index (κ3) is 2.13. The van der Waals surface area contributed by atoms with Gasteiger partial charge in [0.05, 0.1) is 7.11 Å². The highest BCUT2D eigenvalue weighted by molar-refractivity contribution is 9.10. The quantitative estimate of drug-likeness (QED) is 0.854. The molecule has 2 aromatic rings. The average molecular weight is 285 g/mol. The van der Waals surface area contributed by atoms with Crippen LogP contribution in [0.15, 0.2) is 23.2 Å². The normalized spacial score (nSPS) is 10.4. The van der Waals surface area contributed by atoms with Crippen LogP contribution >= 0.6 is 15.9 Å². The third-order valence-corrected chi connectivity index (χ3v) is 2.35. The zero-order chi connectivity index (χ0) is 11.5. The van der Waals surface area contributed by atoms with Crippen LogP contribution < -0.4 is 5.32 Å². The number of nitrogens with one attached hydrogen (secondary N) is 1. The van der Waals surface area contributed by atoms with Gasteiger partial charge in [-0.1, -0.05) is 0 Å². The Morgan fingerprint density at radius 1 is 1.69 bits per heavy atom. The molecule has 0 fully saturated rings. The van der Waals surface area contributed by atoms with Crippen molar-refractivity contribution in [2.45, 2.75) is 0 Å². The van der Waals surface area contributed by atoms with Gasteiger partial charge in [-0.05, 0) is 15.9 Å². The fourth-order valence-corrected chi connectivity index (χ4v) is 1.65. The minimum Gasteiger partial charge on any atom is -0.468 e. The number of anilines is 1. The number of hydrogen-bond donors (Lipinski definition) is 1. The summed E-state index contributed by atoms with van der Waals surface area (Å²) in [5.74, 6) is 0.177. The summed E-state index contributed by atoms with van der Waals surface area (Å²) >= 11 is 3.28. The summed E-state index contributed by atoms with van der Waals surface area (Å²) in [6.07, 6.45) is 5.24. The molecule has 2 heterocycles. The van der Waals surface area contributed by atoms with Gasteiger partial charge in [0, 0.05) is 18.6 Å². The number of aromatic nitrogens is 3. The topological polar surface area (TPSA) is 68.5 Å². The number of methoxy groups -OCH3 is 1. The summed E-state index contributed by atoms with van der Waals surface area (Å²) in [6.45, 7) is 0.0580. The van der Waals surface area contributed by atoms with E-state index < -0.39 is 0 Å². The molecule has 6 nitrogen and oxygen atoms in total. The molecule has 0 amide bonds. The van der Waals surface area contributed by atoms with Crippen LogP contribution in [0.1, 0.15) is 0 Å². The number of hydrogen-bond acceptors (Lipinski definition) is 5. The molecule has 0 unspecified atom stereocenters. The number of fused-ring (bicyclic) bond motifs is 1. The van der Waals surface area contributed by atoms with E-state index in [0.717, 1.165) is 0 Å². The summed E-state index contributed by atoms with van der Waals surface area (Å²) < 4.78 is 6.99. The van der Waals surface area contributed by atoms with Crippen molar-refractivity contribution < 1.29 is 9.53 Å². The number of carbonyl (C=O) groups is 1. The van der Waals surface area contributed by atoms with Crippen LogP contribution in [0.4, 0.5) is 5.82 Å². The first kappa shape index (κ1) is 10.9. The van der Waals surface area contributed by atoms with Crippen LogP contribution in [-0.4, -0.2) is 34.0 Å². The molecule has 0 bridgehead atoms. The van der Waals surface area contributed by atoms with Crippen molar-refractivity contribution in [1.29, 1.82) is 0 Å². The van der Waals surface area contributed by atoms with Crippen LogP contribution in [0.3, 0.4) is 0 Å². The van der Waals surface area contributed by atoms with Crippen molar-refractivity contribution >= 4 is 33.4 Å².